The largest absolute Gasteiger partial charge is 0.302 e. The van der Waals surface area contributed by atoms with Crippen molar-refractivity contribution in [3.63, 3.8) is 0 Å². The molecule has 0 unspecified atom stereocenters. The van der Waals surface area contributed by atoms with Crippen LogP contribution in [0.3, 0.4) is 0 Å². The fourth-order valence-electron chi connectivity index (χ4n) is 17.3. The highest BCUT2D eigenvalue weighted by Crippen LogP contribution is 2.66. The fraction of sp³-hybridized carbons (Fsp3) is 0.667. The third kappa shape index (κ3) is 6.68. The maximum absolute atomic E-state index is 4.36. The van der Waals surface area contributed by atoms with E-state index in [1.807, 2.05) is 12.4 Å². The van der Waals surface area contributed by atoms with Crippen LogP contribution < -0.4 is 0 Å². The summed E-state index contributed by atoms with van der Waals surface area (Å²) in [5, 5.41) is 2.58. The Balaban J connectivity index is 0.000000135. The van der Waals surface area contributed by atoms with Crippen molar-refractivity contribution in [1.29, 1.82) is 0 Å². The molecule has 0 radical (unpaired) electrons. The lowest BCUT2D eigenvalue weighted by Crippen LogP contribution is -2.47. The Labute approximate surface area is 358 Å². The second-order valence-corrected chi connectivity index (χ2v) is 23.2. The van der Waals surface area contributed by atoms with Crippen LogP contribution in [0.4, 0.5) is 0 Å². The van der Waals surface area contributed by atoms with Gasteiger partial charge in [-0.2, -0.15) is 0 Å². The van der Waals surface area contributed by atoms with E-state index in [2.05, 4.69) is 99.2 Å². The number of pyridine rings is 1. The Morgan fingerprint density at radius 1 is 0.576 bits per heavy atom. The molecule has 1 aliphatic heterocycles. The van der Waals surface area contributed by atoms with Crippen LogP contribution >= 0.6 is 0 Å². The third-order valence-electron chi connectivity index (χ3n) is 20.3. The zero-order chi connectivity index (χ0) is 40.0. The quantitative estimate of drug-likeness (QED) is 0.257. The van der Waals surface area contributed by atoms with Crippen molar-refractivity contribution in [2.45, 2.75) is 143 Å². The molecule has 314 valence electrons. The molecule has 1 aromatic heterocycles. The predicted octanol–water partition coefficient (Wildman–Crippen LogP) is 14.5. The number of likely N-dealkylation sites (N-methyl/N-ethyl adjacent to an activating group) is 1. The molecule has 2 heteroatoms. The SMILES string of the molecule is C[C@H]1CC[C@H]2[C@@H](CC[C@@H]3[C@@H]2CC[C@]2(C)C(c4ccc5c(c4)CN(C)CC5)=CC[C@@H]32)C1.C[C@H]1CC[C@H]2[C@@H](CC[C@@H]3[C@@H]2CC[C@]2(C)C(c4ccc5ccncc5c4)=CC[C@@H]32)C1. The molecule has 0 saturated heterocycles. The van der Waals surface area contributed by atoms with Gasteiger partial charge in [0.2, 0.25) is 0 Å². The van der Waals surface area contributed by atoms with Crippen molar-refractivity contribution >= 4 is 21.9 Å². The van der Waals surface area contributed by atoms with E-state index in [9.17, 15) is 0 Å². The van der Waals surface area contributed by atoms with Gasteiger partial charge in [0.25, 0.3) is 0 Å². The first kappa shape index (κ1) is 39.2. The molecule has 2 heterocycles. The van der Waals surface area contributed by atoms with E-state index < -0.39 is 0 Å². The Morgan fingerprint density at radius 2 is 1.15 bits per heavy atom. The van der Waals surface area contributed by atoms with Gasteiger partial charge in [-0.05, 0) is 242 Å². The van der Waals surface area contributed by atoms with E-state index in [1.54, 1.807) is 27.8 Å². The summed E-state index contributed by atoms with van der Waals surface area (Å²) in [6, 6.07) is 16.7. The lowest BCUT2D eigenvalue weighted by atomic mass is 9.49. The number of allylic oxidation sites excluding steroid dienone is 4. The minimum atomic E-state index is 0.381. The molecular formula is C57H76N2. The van der Waals surface area contributed by atoms with E-state index in [-0.39, 0.29) is 0 Å². The smallest absolute Gasteiger partial charge is 0.0346 e. The van der Waals surface area contributed by atoms with Crippen LogP contribution in [0.2, 0.25) is 0 Å². The maximum Gasteiger partial charge on any atom is 0.0346 e. The Morgan fingerprint density at radius 3 is 1.78 bits per heavy atom. The molecular weight excluding hydrogens is 713 g/mol. The number of rotatable bonds is 2. The highest BCUT2D eigenvalue weighted by molar-refractivity contribution is 5.87. The minimum Gasteiger partial charge on any atom is -0.302 e. The average molecular weight is 789 g/mol. The monoisotopic (exact) mass is 789 g/mol. The van der Waals surface area contributed by atoms with E-state index in [1.165, 1.54) is 132 Å². The summed E-state index contributed by atoms with van der Waals surface area (Å²) in [5.74, 6) is 12.0. The van der Waals surface area contributed by atoms with E-state index in [0.717, 1.165) is 77.6 Å². The lowest BCUT2D eigenvalue weighted by molar-refractivity contribution is -0.0443. The summed E-state index contributed by atoms with van der Waals surface area (Å²) in [7, 11) is 2.27. The first-order valence-corrected chi connectivity index (χ1v) is 25.2. The Bertz CT molecular complexity index is 2110. The summed E-state index contributed by atoms with van der Waals surface area (Å²) in [6.45, 7) is 12.6. The van der Waals surface area contributed by atoms with Crippen LogP contribution in [0.15, 0.2) is 67.0 Å². The van der Waals surface area contributed by atoms with Gasteiger partial charge in [0.1, 0.15) is 0 Å². The molecule has 6 fully saturated rings. The lowest BCUT2D eigenvalue weighted by Gasteiger charge is -2.56. The number of fused-ring (bicyclic) bond motifs is 12. The zero-order valence-corrected chi connectivity index (χ0v) is 37.6. The first-order chi connectivity index (χ1) is 28.7. The van der Waals surface area contributed by atoms with Gasteiger partial charge >= 0.3 is 0 Å². The molecule has 14 atom stereocenters. The average Bonchev–Trinajstić information content (AvgIpc) is 3.80. The summed E-state index contributed by atoms with van der Waals surface area (Å²) < 4.78 is 0. The van der Waals surface area contributed by atoms with Crippen LogP contribution in [0, 0.1) is 81.8 Å². The predicted molar refractivity (Wildman–Crippen MR) is 247 cm³/mol. The van der Waals surface area contributed by atoms with Crippen LogP contribution in [0.5, 0.6) is 0 Å². The molecule has 9 aliphatic rings. The van der Waals surface area contributed by atoms with Crippen molar-refractivity contribution in [3.05, 3.63) is 89.3 Å². The number of benzene rings is 2. The highest BCUT2D eigenvalue weighted by Gasteiger charge is 2.56. The molecule has 8 aliphatic carbocycles. The number of hydrogen-bond donors (Lipinski definition) is 0. The fourth-order valence-corrected chi connectivity index (χ4v) is 17.3. The van der Waals surface area contributed by atoms with Gasteiger partial charge in [-0.15, -0.1) is 0 Å². The standard InChI is InChI=1S/C29H41N.C28H35N/c1-19-4-8-24-21(16-19)7-9-26-25(24)12-14-29(2)27(10-11-28(26)29)22-6-5-20-13-15-30(3)18-23(20)17-22;1-18-3-7-23-20(15-18)6-8-25-24(23)11-13-28(2)26(9-10-27(25)28)21-5-4-19-12-14-29-17-22(19)16-21/h5-6,10,17,19,21,24-26,28H,4,7-9,11-16,18H2,1-3H3;4-5,9,12,14,16-18,20,23-25,27H,3,6-8,10-11,13,15H2,1-2H3/t19-,21-,24-,25+,26+,28-,29+;18-,20-,23-,24+,25+,27-,28+/m00/s1. The number of hydrogen-bond acceptors (Lipinski definition) is 2. The molecule has 6 saturated carbocycles. The van der Waals surface area contributed by atoms with Crippen molar-refractivity contribution < 1.29 is 0 Å². The molecule has 0 amide bonds. The second-order valence-electron chi connectivity index (χ2n) is 23.2. The minimum absolute atomic E-state index is 0.381. The molecule has 59 heavy (non-hydrogen) atoms. The maximum atomic E-state index is 4.36. The van der Waals surface area contributed by atoms with Gasteiger partial charge in [0.15, 0.2) is 0 Å². The van der Waals surface area contributed by atoms with E-state index in [4.69, 9.17) is 0 Å². The Hall–Kier alpha value is -2.71. The van der Waals surface area contributed by atoms with Gasteiger partial charge < -0.3 is 4.90 Å². The Kier molecular flexibility index (Phi) is 10.1. The summed E-state index contributed by atoms with van der Waals surface area (Å²) in [5.41, 5.74) is 10.3. The van der Waals surface area contributed by atoms with Gasteiger partial charge in [-0.3, -0.25) is 4.98 Å². The van der Waals surface area contributed by atoms with Crippen molar-refractivity contribution in [1.82, 2.24) is 9.88 Å². The van der Waals surface area contributed by atoms with Gasteiger partial charge in [-0.1, -0.05) is 77.0 Å². The van der Waals surface area contributed by atoms with Crippen LogP contribution in [0.25, 0.3) is 21.9 Å². The van der Waals surface area contributed by atoms with Crippen LogP contribution in [-0.4, -0.2) is 23.5 Å². The number of aromatic nitrogens is 1. The normalized spacial score (nSPS) is 42.3. The highest BCUT2D eigenvalue weighted by atomic mass is 15.1. The van der Waals surface area contributed by atoms with Crippen molar-refractivity contribution in [2.24, 2.45) is 81.8 Å². The number of nitrogens with zero attached hydrogens (tertiary/aromatic N) is 2. The van der Waals surface area contributed by atoms with Crippen molar-refractivity contribution in [3.8, 4) is 0 Å². The van der Waals surface area contributed by atoms with Gasteiger partial charge in [-0.25, -0.2) is 0 Å². The molecule has 3 aromatic rings. The molecule has 2 nitrogen and oxygen atoms in total. The van der Waals surface area contributed by atoms with Gasteiger partial charge in [0, 0.05) is 30.9 Å². The zero-order valence-electron chi connectivity index (χ0n) is 37.6. The molecule has 0 spiro atoms. The van der Waals surface area contributed by atoms with E-state index in [0.29, 0.717) is 10.8 Å². The first-order valence-electron chi connectivity index (χ1n) is 25.2. The third-order valence-corrected chi connectivity index (χ3v) is 20.3. The molecule has 0 N–H and O–H groups in total. The van der Waals surface area contributed by atoms with Gasteiger partial charge in [0.05, 0.1) is 0 Å². The molecule has 0 bridgehead atoms. The van der Waals surface area contributed by atoms with Crippen molar-refractivity contribution in [2.75, 3.05) is 13.6 Å². The van der Waals surface area contributed by atoms with E-state index >= 15 is 0 Å². The topological polar surface area (TPSA) is 16.1 Å². The molecule has 12 rings (SSSR count). The molecule has 2 aromatic carbocycles. The van der Waals surface area contributed by atoms with Crippen LogP contribution in [0.1, 0.15) is 153 Å². The van der Waals surface area contributed by atoms with Crippen LogP contribution in [-0.2, 0) is 13.0 Å². The summed E-state index contributed by atoms with van der Waals surface area (Å²) >= 11 is 0. The summed E-state index contributed by atoms with van der Waals surface area (Å²) in [4.78, 5) is 6.84. The summed E-state index contributed by atoms with van der Waals surface area (Å²) in [6.07, 6.45) is 34.1. The second kappa shape index (κ2) is 15.3.